The minimum atomic E-state index is -1.41. The zero-order chi connectivity index (χ0) is 18.5. The molecule has 2 aliphatic rings. The summed E-state index contributed by atoms with van der Waals surface area (Å²) >= 11 is 1.72. The van der Waals surface area contributed by atoms with Crippen LogP contribution in [0.1, 0.15) is 22.9 Å². The fourth-order valence-electron chi connectivity index (χ4n) is 3.46. The van der Waals surface area contributed by atoms with Crippen LogP contribution in [0.4, 0.5) is 13.6 Å². The van der Waals surface area contributed by atoms with E-state index in [0.29, 0.717) is 6.54 Å². The van der Waals surface area contributed by atoms with Crippen LogP contribution in [-0.4, -0.2) is 35.0 Å². The Bertz CT molecular complexity index is 900. The smallest absolute Gasteiger partial charge is 0.319 e. The maximum Gasteiger partial charge on any atom is 0.326 e. The van der Waals surface area contributed by atoms with Gasteiger partial charge >= 0.3 is 6.03 Å². The van der Waals surface area contributed by atoms with Gasteiger partial charge in [0, 0.05) is 18.0 Å². The summed E-state index contributed by atoms with van der Waals surface area (Å²) in [6.45, 7) is 3.11. The third-order valence-electron chi connectivity index (χ3n) is 5.00. The second-order valence-corrected chi connectivity index (χ2v) is 7.73. The van der Waals surface area contributed by atoms with Crippen molar-refractivity contribution in [2.24, 2.45) is 0 Å². The van der Waals surface area contributed by atoms with E-state index < -0.39 is 29.1 Å². The summed E-state index contributed by atoms with van der Waals surface area (Å²) in [5.74, 6) is -2.51. The first-order chi connectivity index (χ1) is 12.4. The van der Waals surface area contributed by atoms with Gasteiger partial charge in [-0.15, -0.1) is 11.3 Å². The number of nitrogens with zero attached hydrogens (tertiary/aromatic N) is 2. The molecule has 1 fully saturated rings. The standard InChI is InChI=1S/C18H17F2N3O2S/c1-18(12-2-3-13(19)14(20)8-12)16(24)23(17(25)21-18)10-22-6-4-15-11(9-22)5-7-26-15/h2-3,5,7-8H,4,6,9-10H2,1H3,(H,21,25). The molecule has 1 unspecified atom stereocenters. The minimum Gasteiger partial charge on any atom is -0.319 e. The van der Waals surface area contributed by atoms with Gasteiger partial charge in [0.05, 0.1) is 6.67 Å². The highest BCUT2D eigenvalue weighted by molar-refractivity contribution is 7.10. The van der Waals surface area contributed by atoms with Gasteiger partial charge in [-0.1, -0.05) is 6.07 Å². The average molecular weight is 377 g/mol. The number of carbonyl (C=O) groups excluding carboxylic acids is 2. The zero-order valence-electron chi connectivity index (χ0n) is 14.1. The minimum absolute atomic E-state index is 0.166. The lowest BCUT2D eigenvalue weighted by molar-refractivity contribution is -0.132. The molecule has 2 aliphatic heterocycles. The summed E-state index contributed by atoms with van der Waals surface area (Å²) in [7, 11) is 0. The highest BCUT2D eigenvalue weighted by Gasteiger charge is 2.49. The van der Waals surface area contributed by atoms with Crippen molar-refractivity contribution < 1.29 is 18.4 Å². The van der Waals surface area contributed by atoms with Gasteiger partial charge in [-0.2, -0.15) is 0 Å². The van der Waals surface area contributed by atoms with Crippen molar-refractivity contribution in [1.82, 2.24) is 15.1 Å². The number of hydrogen-bond acceptors (Lipinski definition) is 4. The first-order valence-corrected chi connectivity index (χ1v) is 9.13. The zero-order valence-corrected chi connectivity index (χ0v) is 14.9. The second-order valence-electron chi connectivity index (χ2n) is 6.73. The Kier molecular flexibility index (Phi) is 4.04. The third-order valence-corrected chi connectivity index (χ3v) is 6.02. The number of urea groups is 1. The van der Waals surface area contributed by atoms with Crippen LogP contribution in [-0.2, 0) is 23.3 Å². The van der Waals surface area contributed by atoms with Crippen LogP contribution in [0.25, 0.3) is 0 Å². The number of fused-ring (bicyclic) bond motifs is 1. The van der Waals surface area contributed by atoms with Crippen LogP contribution in [0.5, 0.6) is 0 Å². The quantitative estimate of drug-likeness (QED) is 0.837. The third kappa shape index (κ3) is 2.69. The van der Waals surface area contributed by atoms with E-state index in [-0.39, 0.29) is 12.2 Å². The molecule has 3 amide bonds. The molecule has 2 aromatic rings. The van der Waals surface area contributed by atoms with E-state index in [1.165, 1.54) is 23.4 Å². The average Bonchev–Trinajstić information content (AvgIpc) is 3.16. The van der Waals surface area contributed by atoms with Gasteiger partial charge in [0.2, 0.25) is 0 Å². The number of hydrogen-bond donors (Lipinski definition) is 1. The molecule has 0 saturated carbocycles. The second kappa shape index (κ2) is 6.14. The predicted octanol–water partition coefficient (Wildman–Crippen LogP) is 2.81. The number of amides is 3. The van der Waals surface area contributed by atoms with E-state index in [0.717, 1.165) is 30.0 Å². The van der Waals surface area contributed by atoms with Crippen molar-refractivity contribution in [2.75, 3.05) is 13.2 Å². The summed E-state index contributed by atoms with van der Waals surface area (Å²) in [6.07, 6.45) is 0.886. The molecule has 0 aliphatic carbocycles. The highest BCUT2D eigenvalue weighted by atomic mass is 32.1. The lowest BCUT2D eigenvalue weighted by atomic mass is 9.92. The predicted molar refractivity (Wildman–Crippen MR) is 92.4 cm³/mol. The van der Waals surface area contributed by atoms with Crippen molar-refractivity contribution in [3.63, 3.8) is 0 Å². The summed E-state index contributed by atoms with van der Waals surface area (Å²) in [6, 6.07) is 4.76. The Morgan fingerprint density at radius 3 is 2.81 bits per heavy atom. The number of rotatable bonds is 3. The summed E-state index contributed by atoms with van der Waals surface area (Å²) < 4.78 is 26.8. The number of halogens is 2. The van der Waals surface area contributed by atoms with Crippen molar-refractivity contribution in [1.29, 1.82) is 0 Å². The van der Waals surface area contributed by atoms with Gasteiger partial charge in [0.25, 0.3) is 5.91 Å². The SMILES string of the molecule is CC1(c2ccc(F)c(F)c2)NC(=O)N(CN2CCc3sccc3C2)C1=O. The Labute approximate surface area is 153 Å². The molecular weight excluding hydrogens is 360 g/mol. The molecule has 0 spiro atoms. The van der Waals surface area contributed by atoms with E-state index in [9.17, 15) is 18.4 Å². The lowest BCUT2D eigenvalue weighted by Crippen LogP contribution is -2.45. The molecule has 3 heterocycles. The van der Waals surface area contributed by atoms with Crippen LogP contribution in [0.15, 0.2) is 29.6 Å². The van der Waals surface area contributed by atoms with E-state index in [2.05, 4.69) is 11.4 Å². The maximum atomic E-state index is 13.6. The van der Waals surface area contributed by atoms with Crippen LogP contribution < -0.4 is 5.32 Å². The number of carbonyl (C=O) groups is 2. The largest absolute Gasteiger partial charge is 0.326 e. The molecule has 1 saturated heterocycles. The molecule has 136 valence electrons. The number of benzene rings is 1. The molecular formula is C18H17F2N3O2S. The normalized spacial score (nSPS) is 23.3. The molecule has 8 heteroatoms. The summed E-state index contributed by atoms with van der Waals surface area (Å²) in [5.41, 5.74) is 0.0299. The number of thiophene rings is 1. The van der Waals surface area contributed by atoms with Crippen molar-refractivity contribution in [3.05, 3.63) is 57.3 Å². The maximum absolute atomic E-state index is 13.6. The van der Waals surface area contributed by atoms with E-state index in [4.69, 9.17) is 0 Å². The molecule has 1 aromatic heterocycles. The van der Waals surface area contributed by atoms with E-state index in [1.54, 1.807) is 11.3 Å². The van der Waals surface area contributed by atoms with Gasteiger partial charge in [-0.05, 0) is 48.1 Å². The topological polar surface area (TPSA) is 52.7 Å². The Hall–Kier alpha value is -2.32. The molecule has 1 aromatic carbocycles. The Morgan fingerprint density at radius 1 is 1.23 bits per heavy atom. The summed E-state index contributed by atoms with van der Waals surface area (Å²) in [5, 5.41) is 4.66. The Balaban J connectivity index is 1.54. The molecule has 1 N–H and O–H groups in total. The van der Waals surface area contributed by atoms with Gasteiger partial charge in [0.15, 0.2) is 11.6 Å². The monoisotopic (exact) mass is 377 g/mol. The fourth-order valence-corrected chi connectivity index (χ4v) is 4.35. The molecule has 26 heavy (non-hydrogen) atoms. The number of imide groups is 1. The van der Waals surface area contributed by atoms with E-state index >= 15 is 0 Å². The molecule has 4 rings (SSSR count). The summed E-state index contributed by atoms with van der Waals surface area (Å²) in [4.78, 5) is 29.8. The lowest BCUT2D eigenvalue weighted by Gasteiger charge is -2.30. The van der Waals surface area contributed by atoms with E-state index in [1.807, 2.05) is 10.3 Å². The van der Waals surface area contributed by atoms with Gasteiger partial charge in [-0.25, -0.2) is 18.5 Å². The van der Waals surface area contributed by atoms with Crippen molar-refractivity contribution in [2.45, 2.75) is 25.4 Å². The van der Waals surface area contributed by atoms with Crippen molar-refractivity contribution >= 4 is 23.3 Å². The Morgan fingerprint density at radius 2 is 2.04 bits per heavy atom. The van der Waals surface area contributed by atoms with Crippen LogP contribution in [0, 0.1) is 11.6 Å². The van der Waals surface area contributed by atoms with Crippen LogP contribution in [0.3, 0.4) is 0 Å². The van der Waals surface area contributed by atoms with Gasteiger partial charge in [0.1, 0.15) is 5.54 Å². The first kappa shape index (κ1) is 17.1. The fraction of sp³-hybridized carbons (Fsp3) is 0.333. The van der Waals surface area contributed by atoms with Crippen LogP contribution in [0.2, 0.25) is 0 Å². The molecule has 0 bridgehead atoms. The van der Waals surface area contributed by atoms with Crippen molar-refractivity contribution in [3.8, 4) is 0 Å². The van der Waals surface area contributed by atoms with Gasteiger partial charge < -0.3 is 5.32 Å². The molecule has 1 atom stereocenters. The first-order valence-electron chi connectivity index (χ1n) is 8.26. The molecule has 0 radical (unpaired) electrons. The van der Waals surface area contributed by atoms with Gasteiger partial charge in [-0.3, -0.25) is 9.69 Å². The number of nitrogens with one attached hydrogen (secondary N) is 1. The van der Waals surface area contributed by atoms with Crippen LogP contribution >= 0.6 is 11.3 Å². The highest BCUT2D eigenvalue weighted by Crippen LogP contribution is 2.31. The molecule has 5 nitrogen and oxygen atoms in total.